The summed E-state index contributed by atoms with van der Waals surface area (Å²) in [5.41, 5.74) is 0. The summed E-state index contributed by atoms with van der Waals surface area (Å²) in [6.45, 7) is 2.13. The van der Waals surface area contributed by atoms with Crippen molar-refractivity contribution in [1.29, 1.82) is 0 Å². The molecule has 0 aromatic carbocycles. The van der Waals surface area contributed by atoms with E-state index in [1.165, 1.54) is 22.8 Å². The molecule has 0 saturated carbocycles. The van der Waals surface area contributed by atoms with E-state index in [-0.39, 0.29) is 12.1 Å². The molecule has 15 heavy (non-hydrogen) atoms. The highest BCUT2D eigenvalue weighted by atomic mass is 32.1. The van der Waals surface area contributed by atoms with Crippen molar-refractivity contribution in [2.45, 2.75) is 18.9 Å². The molecular weight excluding hydrogens is 210 g/mol. The predicted molar refractivity (Wildman–Crippen MR) is 59.4 cm³/mol. The van der Waals surface area contributed by atoms with Crippen LogP contribution in [0.1, 0.15) is 22.5 Å². The zero-order valence-corrected chi connectivity index (χ0v) is 9.68. The van der Waals surface area contributed by atoms with E-state index < -0.39 is 0 Å². The third kappa shape index (κ3) is 2.79. The Morgan fingerprint density at radius 3 is 3.20 bits per heavy atom. The maximum absolute atomic E-state index is 11.7. The van der Waals surface area contributed by atoms with Crippen LogP contribution in [0.4, 0.5) is 0 Å². The van der Waals surface area contributed by atoms with E-state index in [4.69, 9.17) is 4.74 Å². The lowest BCUT2D eigenvalue weighted by molar-refractivity contribution is -0.888. The van der Waals surface area contributed by atoms with Gasteiger partial charge in [-0.2, -0.15) is 0 Å². The van der Waals surface area contributed by atoms with Crippen molar-refractivity contribution in [3.8, 4) is 0 Å². The molecule has 1 aliphatic heterocycles. The van der Waals surface area contributed by atoms with Gasteiger partial charge in [0.2, 0.25) is 0 Å². The maximum Gasteiger partial charge on any atom is 0.348 e. The minimum absolute atomic E-state index is 0.105. The highest BCUT2D eigenvalue weighted by molar-refractivity contribution is 7.11. The fraction of sp³-hybridized carbons (Fsp3) is 0.545. The Morgan fingerprint density at radius 1 is 1.67 bits per heavy atom. The first-order valence-corrected chi connectivity index (χ1v) is 6.19. The number of rotatable bonds is 2. The summed E-state index contributed by atoms with van der Waals surface area (Å²) < 4.78 is 5.46. The number of likely N-dealkylation sites (N-methyl/N-ethyl adjacent to an activating group) is 1. The molecule has 4 heteroatoms. The summed E-state index contributed by atoms with van der Waals surface area (Å²) in [5, 5.41) is 1.90. The second-order valence-electron chi connectivity index (χ2n) is 4.06. The smallest absolute Gasteiger partial charge is 0.348 e. The topological polar surface area (TPSA) is 30.7 Å². The number of esters is 1. The summed E-state index contributed by atoms with van der Waals surface area (Å²) in [4.78, 5) is 13.8. The first-order valence-electron chi connectivity index (χ1n) is 5.31. The van der Waals surface area contributed by atoms with Crippen LogP contribution in [0.3, 0.4) is 0 Å². The van der Waals surface area contributed by atoms with Crippen LogP contribution in [-0.4, -0.2) is 32.2 Å². The molecule has 2 rings (SSSR count). The van der Waals surface area contributed by atoms with Gasteiger partial charge in [-0.3, -0.25) is 0 Å². The van der Waals surface area contributed by atoms with E-state index in [2.05, 4.69) is 7.05 Å². The Hall–Kier alpha value is -0.870. The molecule has 82 valence electrons. The lowest BCUT2D eigenvalue weighted by Gasteiger charge is -2.26. The van der Waals surface area contributed by atoms with Crippen molar-refractivity contribution >= 4 is 17.3 Å². The molecule has 1 aromatic rings. The number of carbonyl (C=O) groups is 1. The van der Waals surface area contributed by atoms with Crippen molar-refractivity contribution in [1.82, 2.24) is 0 Å². The minimum atomic E-state index is -0.162. The van der Waals surface area contributed by atoms with Crippen molar-refractivity contribution in [3.63, 3.8) is 0 Å². The number of hydrogen-bond donors (Lipinski definition) is 1. The average molecular weight is 226 g/mol. The highest BCUT2D eigenvalue weighted by Gasteiger charge is 2.24. The molecular formula is C11H16NO2S+. The Bertz CT molecular complexity index is 323. The summed E-state index contributed by atoms with van der Waals surface area (Å²) in [6, 6.07) is 3.69. The van der Waals surface area contributed by atoms with E-state index in [1.807, 2.05) is 17.5 Å². The van der Waals surface area contributed by atoms with Crippen LogP contribution in [0.25, 0.3) is 0 Å². The van der Waals surface area contributed by atoms with Crippen LogP contribution in [-0.2, 0) is 4.74 Å². The van der Waals surface area contributed by atoms with E-state index in [0.717, 1.165) is 19.4 Å². The van der Waals surface area contributed by atoms with Gasteiger partial charge in [-0.25, -0.2) is 4.79 Å². The van der Waals surface area contributed by atoms with Crippen molar-refractivity contribution in [3.05, 3.63) is 22.4 Å². The molecule has 2 heterocycles. The molecule has 1 saturated heterocycles. The van der Waals surface area contributed by atoms with Gasteiger partial charge in [-0.1, -0.05) is 6.07 Å². The van der Waals surface area contributed by atoms with Gasteiger partial charge in [0, 0.05) is 6.42 Å². The number of piperidine rings is 1. The van der Waals surface area contributed by atoms with E-state index >= 15 is 0 Å². The quantitative estimate of drug-likeness (QED) is 0.748. The number of nitrogens with one attached hydrogen (secondary N) is 1. The Labute approximate surface area is 93.7 Å². The molecule has 1 aliphatic rings. The highest BCUT2D eigenvalue weighted by Crippen LogP contribution is 2.13. The number of quaternary nitrogens is 1. The van der Waals surface area contributed by atoms with Crippen LogP contribution in [0.5, 0.6) is 0 Å². The van der Waals surface area contributed by atoms with Gasteiger partial charge in [0.05, 0.1) is 13.6 Å². The Morgan fingerprint density at radius 2 is 2.53 bits per heavy atom. The van der Waals surface area contributed by atoms with Crippen molar-refractivity contribution in [2.24, 2.45) is 0 Å². The number of carbonyl (C=O) groups excluding carboxylic acids is 1. The lowest BCUT2D eigenvalue weighted by Crippen LogP contribution is -3.11. The number of ether oxygens (including phenoxy) is 1. The molecule has 2 atom stereocenters. The zero-order chi connectivity index (χ0) is 10.7. The third-order valence-electron chi connectivity index (χ3n) is 2.70. The second-order valence-corrected chi connectivity index (χ2v) is 5.01. The van der Waals surface area contributed by atoms with Crippen LogP contribution < -0.4 is 4.90 Å². The Kier molecular flexibility index (Phi) is 3.38. The summed E-state index contributed by atoms with van der Waals surface area (Å²) >= 11 is 1.44. The van der Waals surface area contributed by atoms with Gasteiger partial charge in [-0.05, 0) is 17.9 Å². The zero-order valence-electron chi connectivity index (χ0n) is 8.86. The molecule has 0 spiro atoms. The number of hydrogen-bond acceptors (Lipinski definition) is 3. The molecule has 3 nitrogen and oxygen atoms in total. The Balaban J connectivity index is 1.89. The molecule has 1 N–H and O–H groups in total. The average Bonchev–Trinajstić information content (AvgIpc) is 2.70. The summed E-state index contributed by atoms with van der Waals surface area (Å²) in [6.07, 6.45) is 2.26. The van der Waals surface area contributed by atoms with Gasteiger partial charge in [0.1, 0.15) is 11.4 Å². The number of likely N-dealkylation sites (tertiary alicyclic amines) is 1. The van der Waals surface area contributed by atoms with Crippen LogP contribution in [0.2, 0.25) is 0 Å². The monoisotopic (exact) mass is 226 g/mol. The predicted octanol–water partition coefficient (Wildman–Crippen LogP) is 0.582. The van der Waals surface area contributed by atoms with Crippen LogP contribution in [0, 0.1) is 0 Å². The van der Waals surface area contributed by atoms with Gasteiger partial charge >= 0.3 is 5.97 Å². The normalized spacial score (nSPS) is 26.2. The summed E-state index contributed by atoms with van der Waals surface area (Å²) in [5.74, 6) is -0.162. The van der Waals surface area contributed by atoms with Crippen molar-refractivity contribution < 1.29 is 14.4 Å². The molecule has 1 unspecified atom stereocenters. The third-order valence-corrected chi connectivity index (χ3v) is 3.55. The van der Waals surface area contributed by atoms with Gasteiger partial charge in [0.25, 0.3) is 0 Å². The standard InChI is InChI=1S/C11H15NO2S/c1-12-6-2-4-9(8-12)14-11(13)10-5-3-7-15-10/h3,5,7,9H,2,4,6,8H2,1H3/p+1/t9-/m0/s1. The lowest BCUT2D eigenvalue weighted by atomic mass is 10.1. The molecule has 0 aliphatic carbocycles. The maximum atomic E-state index is 11.7. The largest absolute Gasteiger partial charge is 0.452 e. The summed E-state index contributed by atoms with van der Waals surface area (Å²) in [7, 11) is 2.14. The first kappa shape index (κ1) is 10.6. The van der Waals surface area contributed by atoms with Crippen LogP contribution >= 0.6 is 11.3 Å². The minimum Gasteiger partial charge on any atom is -0.452 e. The van der Waals surface area contributed by atoms with E-state index in [1.54, 1.807) is 0 Å². The van der Waals surface area contributed by atoms with Crippen molar-refractivity contribution in [2.75, 3.05) is 20.1 Å². The molecule has 0 amide bonds. The first-order chi connectivity index (χ1) is 7.25. The van der Waals surface area contributed by atoms with E-state index in [9.17, 15) is 4.79 Å². The molecule has 0 bridgehead atoms. The number of thiophene rings is 1. The fourth-order valence-corrected chi connectivity index (χ4v) is 2.53. The second kappa shape index (κ2) is 4.77. The molecule has 0 radical (unpaired) electrons. The van der Waals surface area contributed by atoms with Gasteiger partial charge in [0.15, 0.2) is 6.10 Å². The molecule has 1 fully saturated rings. The molecule has 1 aromatic heterocycles. The fourth-order valence-electron chi connectivity index (χ4n) is 1.93. The van der Waals surface area contributed by atoms with E-state index in [0.29, 0.717) is 4.88 Å². The van der Waals surface area contributed by atoms with Crippen LogP contribution in [0.15, 0.2) is 17.5 Å². The van der Waals surface area contributed by atoms with Gasteiger partial charge in [-0.15, -0.1) is 11.3 Å². The van der Waals surface area contributed by atoms with Gasteiger partial charge < -0.3 is 9.64 Å². The SMILES string of the molecule is C[NH+]1CCC[C@H](OC(=O)c2cccs2)C1.